The third-order valence-corrected chi connectivity index (χ3v) is 6.01. The summed E-state index contributed by atoms with van der Waals surface area (Å²) in [4.78, 5) is 24.5. The summed E-state index contributed by atoms with van der Waals surface area (Å²) in [5, 5.41) is 7.25. The largest absolute Gasteiger partial charge is 0.508 e. The first-order chi connectivity index (χ1) is 14.7. The first-order valence-corrected chi connectivity index (χ1v) is 12.5. The quantitative estimate of drug-likeness (QED) is 0.218. The second-order valence-corrected chi connectivity index (χ2v) is 9.41. The van der Waals surface area contributed by atoms with E-state index < -0.39 is 6.16 Å². The van der Waals surface area contributed by atoms with Crippen molar-refractivity contribution in [2.24, 2.45) is 0 Å². The summed E-state index contributed by atoms with van der Waals surface area (Å²) in [5.41, 5.74) is 1.62. The van der Waals surface area contributed by atoms with Crippen LogP contribution >= 0.6 is 37.5 Å². The van der Waals surface area contributed by atoms with E-state index in [4.69, 9.17) is 9.47 Å². The third-order valence-electron chi connectivity index (χ3n) is 3.74. The minimum absolute atomic E-state index is 0.169. The van der Waals surface area contributed by atoms with Crippen LogP contribution in [0.2, 0.25) is 0 Å². The van der Waals surface area contributed by atoms with Gasteiger partial charge in [0.1, 0.15) is 31.2 Å². The van der Waals surface area contributed by atoms with Crippen molar-refractivity contribution < 1.29 is 14.3 Å². The highest BCUT2D eigenvalue weighted by atomic mass is 79.9. The number of hydrogen-bond donors (Lipinski definition) is 2. The zero-order valence-electron chi connectivity index (χ0n) is 16.1. The van der Waals surface area contributed by atoms with E-state index in [9.17, 15) is 4.79 Å². The van der Waals surface area contributed by atoms with Gasteiger partial charge in [-0.1, -0.05) is 43.6 Å². The first-order valence-electron chi connectivity index (χ1n) is 8.98. The van der Waals surface area contributed by atoms with Gasteiger partial charge in [-0.05, 0) is 30.5 Å². The van der Waals surface area contributed by atoms with Gasteiger partial charge in [0.2, 0.25) is 0 Å². The fourth-order valence-corrected chi connectivity index (χ4v) is 3.88. The van der Waals surface area contributed by atoms with Crippen LogP contribution in [0.1, 0.15) is 0 Å². The van der Waals surface area contributed by atoms with Gasteiger partial charge in [0, 0.05) is 21.3 Å². The van der Waals surface area contributed by atoms with E-state index in [2.05, 4.69) is 41.5 Å². The van der Waals surface area contributed by atoms with Crippen molar-refractivity contribution in [3.05, 3.63) is 47.3 Å². The van der Waals surface area contributed by atoms with Gasteiger partial charge in [0.05, 0.1) is 18.3 Å². The van der Waals surface area contributed by atoms with Crippen LogP contribution in [-0.4, -0.2) is 52.9 Å². The number of carbonyl (C=O) groups excluding carboxylic acids is 1. The van der Waals surface area contributed by atoms with E-state index in [1.807, 2.05) is 36.6 Å². The molecule has 0 saturated carbocycles. The van der Waals surface area contributed by atoms with Gasteiger partial charge in [0.15, 0.2) is 0 Å². The Morgan fingerprint density at radius 1 is 1.17 bits per heavy atom. The number of pyridine rings is 1. The summed E-state index contributed by atoms with van der Waals surface area (Å²) < 4.78 is 11.0. The predicted octanol–water partition coefficient (Wildman–Crippen LogP) is 5.11. The lowest BCUT2D eigenvalue weighted by Crippen LogP contribution is -2.16. The standard InChI is InChI=1S/C19H20BrN5O3S2/c1-29-30-8-7-28-19(26)27-6-5-21-17-10-15-16(11-22-17)23-12-24-18(15)25-14-4-2-3-13(20)9-14/h2-4,9-12H,5-8H2,1H3,(H,21,22)(H,23,24,25). The molecule has 0 fully saturated rings. The maximum Gasteiger partial charge on any atom is 0.508 e. The molecule has 2 aromatic heterocycles. The van der Waals surface area contributed by atoms with Gasteiger partial charge in [-0.25, -0.2) is 19.7 Å². The lowest BCUT2D eigenvalue weighted by atomic mass is 10.2. The molecule has 2 heterocycles. The Morgan fingerprint density at radius 2 is 2.03 bits per heavy atom. The number of hydrogen-bond acceptors (Lipinski definition) is 10. The van der Waals surface area contributed by atoms with Crippen LogP contribution in [0.15, 0.2) is 47.3 Å². The van der Waals surface area contributed by atoms with Crippen molar-refractivity contribution in [2.45, 2.75) is 0 Å². The molecule has 3 aromatic rings. The average molecular weight is 510 g/mol. The van der Waals surface area contributed by atoms with Crippen LogP contribution in [0.5, 0.6) is 0 Å². The van der Waals surface area contributed by atoms with E-state index in [0.29, 0.717) is 24.8 Å². The van der Waals surface area contributed by atoms with Gasteiger partial charge in [-0.15, -0.1) is 0 Å². The molecule has 0 spiro atoms. The molecule has 0 atom stereocenters. The molecule has 0 aliphatic heterocycles. The molecule has 8 nitrogen and oxygen atoms in total. The van der Waals surface area contributed by atoms with Crippen molar-refractivity contribution in [1.82, 2.24) is 15.0 Å². The molecule has 30 heavy (non-hydrogen) atoms. The molecule has 11 heteroatoms. The summed E-state index contributed by atoms with van der Waals surface area (Å²) in [6, 6.07) is 9.67. The summed E-state index contributed by atoms with van der Waals surface area (Å²) in [5.74, 6) is 2.03. The molecule has 3 rings (SSSR count). The number of ether oxygens (including phenoxy) is 2. The first kappa shape index (κ1) is 22.4. The number of anilines is 3. The smallest absolute Gasteiger partial charge is 0.433 e. The van der Waals surface area contributed by atoms with E-state index in [1.165, 1.54) is 6.33 Å². The maximum absolute atomic E-state index is 11.5. The number of rotatable bonds is 10. The molecular weight excluding hydrogens is 490 g/mol. The van der Waals surface area contributed by atoms with Gasteiger partial charge in [-0.3, -0.25) is 0 Å². The minimum atomic E-state index is -0.668. The molecule has 1 aromatic carbocycles. The van der Waals surface area contributed by atoms with Crippen LogP contribution in [0.4, 0.5) is 22.1 Å². The maximum atomic E-state index is 11.5. The zero-order chi connectivity index (χ0) is 21.2. The summed E-state index contributed by atoms with van der Waals surface area (Å²) in [6.07, 6.45) is 4.47. The van der Waals surface area contributed by atoms with E-state index in [0.717, 1.165) is 26.8 Å². The molecule has 0 aliphatic carbocycles. The Morgan fingerprint density at radius 3 is 2.87 bits per heavy atom. The molecule has 0 unspecified atom stereocenters. The molecule has 0 saturated heterocycles. The van der Waals surface area contributed by atoms with E-state index in [1.54, 1.807) is 27.8 Å². The van der Waals surface area contributed by atoms with Gasteiger partial charge >= 0.3 is 6.16 Å². The molecule has 0 aliphatic rings. The molecule has 2 N–H and O–H groups in total. The molecule has 0 bridgehead atoms. The molecule has 0 radical (unpaired) electrons. The van der Waals surface area contributed by atoms with Crippen molar-refractivity contribution in [3.8, 4) is 0 Å². The highest BCUT2D eigenvalue weighted by Crippen LogP contribution is 2.25. The number of benzene rings is 1. The molecule has 0 amide bonds. The van der Waals surface area contributed by atoms with E-state index >= 15 is 0 Å². The lowest BCUT2D eigenvalue weighted by Gasteiger charge is -2.11. The van der Waals surface area contributed by atoms with E-state index in [-0.39, 0.29) is 6.61 Å². The number of nitrogens with one attached hydrogen (secondary N) is 2. The Kier molecular flexibility index (Phi) is 8.84. The second-order valence-electron chi connectivity index (χ2n) is 5.81. The van der Waals surface area contributed by atoms with Crippen LogP contribution in [0.3, 0.4) is 0 Å². The van der Waals surface area contributed by atoms with Crippen LogP contribution in [0.25, 0.3) is 10.9 Å². The second kappa shape index (κ2) is 11.8. The fraction of sp³-hybridized carbons (Fsp3) is 0.263. The minimum Gasteiger partial charge on any atom is -0.433 e. The monoisotopic (exact) mass is 509 g/mol. The van der Waals surface area contributed by atoms with Gasteiger partial charge in [-0.2, -0.15) is 0 Å². The van der Waals surface area contributed by atoms with Crippen LogP contribution in [0, 0.1) is 0 Å². The van der Waals surface area contributed by atoms with Gasteiger partial charge in [0.25, 0.3) is 0 Å². The van der Waals surface area contributed by atoms with Crippen molar-refractivity contribution in [3.63, 3.8) is 0 Å². The van der Waals surface area contributed by atoms with Gasteiger partial charge < -0.3 is 20.1 Å². The number of carbonyl (C=O) groups is 1. The Hall–Kier alpha value is -2.24. The fourth-order valence-electron chi connectivity index (χ4n) is 2.46. The molecule has 158 valence electrons. The average Bonchev–Trinajstić information content (AvgIpc) is 2.75. The Labute approximate surface area is 190 Å². The molecular formula is C19H20BrN5O3S2. The van der Waals surface area contributed by atoms with Crippen molar-refractivity contribution in [1.29, 1.82) is 0 Å². The lowest BCUT2D eigenvalue weighted by molar-refractivity contribution is 0.0627. The summed E-state index contributed by atoms with van der Waals surface area (Å²) >= 11 is 3.46. The Balaban J connectivity index is 1.56. The number of aromatic nitrogens is 3. The predicted molar refractivity (Wildman–Crippen MR) is 127 cm³/mol. The van der Waals surface area contributed by atoms with Crippen molar-refractivity contribution in [2.75, 3.05) is 42.4 Å². The number of halogens is 1. The number of nitrogens with zero attached hydrogens (tertiary/aromatic N) is 3. The number of fused-ring (bicyclic) bond motifs is 1. The SMILES string of the molecule is CSSCCOC(=O)OCCNc1cc2c(Nc3cccc(Br)c3)ncnc2cn1. The summed E-state index contributed by atoms with van der Waals surface area (Å²) in [7, 11) is 3.25. The summed E-state index contributed by atoms with van der Waals surface area (Å²) in [6.45, 7) is 0.898. The van der Waals surface area contributed by atoms with Crippen molar-refractivity contribution >= 4 is 71.9 Å². The topological polar surface area (TPSA) is 98.3 Å². The van der Waals surface area contributed by atoms with Crippen LogP contribution < -0.4 is 10.6 Å². The van der Waals surface area contributed by atoms with Crippen LogP contribution in [-0.2, 0) is 9.47 Å². The third kappa shape index (κ3) is 6.92. The highest BCUT2D eigenvalue weighted by Gasteiger charge is 2.08. The zero-order valence-corrected chi connectivity index (χ0v) is 19.3. The highest BCUT2D eigenvalue weighted by molar-refractivity contribution is 9.10. The normalized spacial score (nSPS) is 10.6. The Bertz CT molecular complexity index is 995.